The summed E-state index contributed by atoms with van der Waals surface area (Å²) in [5.74, 6) is 0.797. The molecule has 84 valence electrons. The van der Waals surface area contributed by atoms with Crippen LogP contribution in [0.15, 0.2) is 0 Å². The van der Waals surface area contributed by atoms with Crippen LogP contribution >= 0.6 is 0 Å². The van der Waals surface area contributed by atoms with Gasteiger partial charge in [0.05, 0.1) is 0 Å². The molecule has 1 saturated heterocycles. The molecule has 0 aromatic carbocycles. The second kappa shape index (κ2) is 6.38. The van der Waals surface area contributed by atoms with Gasteiger partial charge in [0.15, 0.2) is 0 Å². The zero-order valence-electron chi connectivity index (χ0n) is 9.75. The van der Waals surface area contributed by atoms with Gasteiger partial charge in [-0.2, -0.15) is 0 Å². The Morgan fingerprint density at radius 2 is 2.00 bits per heavy atom. The maximum atomic E-state index is 5.39. The average Bonchev–Trinajstić information content (AvgIpc) is 2.18. The van der Waals surface area contributed by atoms with Crippen LogP contribution in [0.1, 0.15) is 19.8 Å². The van der Waals surface area contributed by atoms with Gasteiger partial charge < -0.3 is 15.0 Å². The van der Waals surface area contributed by atoms with Crippen molar-refractivity contribution in [3.05, 3.63) is 0 Å². The summed E-state index contributed by atoms with van der Waals surface area (Å²) in [5.41, 5.74) is 0. The molecule has 0 radical (unpaired) electrons. The van der Waals surface area contributed by atoms with Gasteiger partial charge in [-0.1, -0.05) is 6.92 Å². The molecule has 1 unspecified atom stereocenters. The standard InChI is InChI=1S/C11H24N2O/c1-4-12-11(9-13(2)3)10-5-7-14-8-6-10/h10-12H,4-9H2,1-3H3. The van der Waals surface area contributed by atoms with E-state index in [0.29, 0.717) is 6.04 Å². The van der Waals surface area contributed by atoms with Crippen molar-refractivity contribution in [1.29, 1.82) is 0 Å². The van der Waals surface area contributed by atoms with Gasteiger partial charge in [0.2, 0.25) is 0 Å². The van der Waals surface area contributed by atoms with Crippen LogP contribution in [0.2, 0.25) is 0 Å². The van der Waals surface area contributed by atoms with Crippen LogP contribution in [0.3, 0.4) is 0 Å². The SMILES string of the molecule is CCNC(CN(C)C)C1CCOCC1. The van der Waals surface area contributed by atoms with Gasteiger partial charge in [-0.3, -0.25) is 0 Å². The predicted molar refractivity (Wildman–Crippen MR) is 59.6 cm³/mol. The fraction of sp³-hybridized carbons (Fsp3) is 1.00. The Morgan fingerprint density at radius 1 is 1.36 bits per heavy atom. The van der Waals surface area contributed by atoms with Crippen molar-refractivity contribution in [3.8, 4) is 0 Å². The van der Waals surface area contributed by atoms with Crippen LogP contribution in [-0.4, -0.2) is 51.3 Å². The molecular formula is C11H24N2O. The highest BCUT2D eigenvalue weighted by Crippen LogP contribution is 2.19. The lowest BCUT2D eigenvalue weighted by Crippen LogP contribution is -2.45. The van der Waals surface area contributed by atoms with Crippen molar-refractivity contribution in [2.24, 2.45) is 5.92 Å². The molecule has 1 aliphatic heterocycles. The minimum atomic E-state index is 0.638. The highest BCUT2D eigenvalue weighted by atomic mass is 16.5. The fourth-order valence-electron chi connectivity index (χ4n) is 2.15. The third-order valence-corrected chi connectivity index (χ3v) is 2.86. The maximum absolute atomic E-state index is 5.39. The number of likely N-dealkylation sites (N-methyl/N-ethyl adjacent to an activating group) is 2. The first-order chi connectivity index (χ1) is 6.74. The number of ether oxygens (including phenoxy) is 1. The third-order valence-electron chi connectivity index (χ3n) is 2.86. The lowest BCUT2D eigenvalue weighted by atomic mass is 9.91. The van der Waals surface area contributed by atoms with Crippen molar-refractivity contribution < 1.29 is 4.74 Å². The summed E-state index contributed by atoms with van der Waals surface area (Å²) in [5, 5.41) is 3.59. The first-order valence-corrected chi connectivity index (χ1v) is 5.70. The van der Waals surface area contributed by atoms with Crippen LogP contribution in [0.4, 0.5) is 0 Å². The molecule has 14 heavy (non-hydrogen) atoms. The first-order valence-electron chi connectivity index (χ1n) is 5.70. The quantitative estimate of drug-likeness (QED) is 0.715. The number of hydrogen-bond donors (Lipinski definition) is 1. The summed E-state index contributed by atoms with van der Waals surface area (Å²) < 4.78 is 5.39. The van der Waals surface area contributed by atoms with Crippen LogP contribution in [0.25, 0.3) is 0 Å². The van der Waals surface area contributed by atoms with E-state index < -0.39 is 0 Å². The summed E-state index contributed by atoms with van der Waals surface area (Å²) in [4.78, 5) is 2.27. The van der Waals surface area contributed by atoms with E-state index in [1.54, 1.807) is 0 Å². The van der Waals surface area contributed by atoms with Gasteiger partial charge >= 0.3 is 0 Å². The Balaban J connectivity index is 2.38. The number of nitrogens with zero attached hydrogens (tertiary/aromatic N) is 1. The molecule has 1 aliphatic rings. The zero-order chi connectivity index (χ0) is 10.4. The molecule has 0 aromatic rings. The van der Waals surface area contributed by atoms with E-state index in [1.165, 1.54) is 12.8 Å². The Morgan fingerprint density at radius 3 is 2.50 bits per heavy atom. The van der Waals surface area contributed by atoms with Crippen molar-refractivity contribution in [1.82, 2.24) is 10.2 Å². The van der Waals surface area contributed by atoms with Crippen LogP contribution in [0.5, 0.6) is 0 Å². The van der Waals surface area contributed by atoms with Crippen molar-refractivity contribution in [2.45, 2.75) is 25.8 Å². The monoisotopic (exact) mass is 200 g/mol. The third kappa shape index (κ3) is 3.95. The van der Waals surface area contributed by atoms with E-state index in [9.17, 15) is 0 Å². The molecule has 1 N–H and O–H groups in total. The van der Waals surface area contributed by atoms with E-state index in [-0.39, 0.29) is 0 Å². The molecule has 3 nitrogen and oxygen atoms in total. The molecule has 0 aliphatic carbocycles. The molecule has 0 amide bonds. The number of nitrogens with one attached hydrogen (secondary N) is 1. The van der Waals surface area contributed by atoms with Crippen molar-refractivity contribution >= 4 is 0 Å². The minimum Gasteiger partial charge on any atom is -0.381 e. The lowest BCUT2D eigenvalue weighted by Gasteiger charge is -2.32. The highest BCUT2D eigenvalue weighted by Gasteiger charge is 2.23. The summed E-state index contributed by atoms with van der Waals surface area (Å²) in [6.07, 6.45) is 2.43. The zero-order valence-corrected chi connectivity index (χ0v) is 9.75. The van der Waals surface area contributed by atoms with Gasteiger partial charge in [0.25, 0.3) is 0 Å². The van der Waals surface area contributed by atoms with Gasteiger partial charge in [0.1, 0.15) is 0 Å². The normalized spacial score (nSPS) is 21.4. The maximum Gasteiger partial charge on any atom is 0.0469 e. The Labute approximate surface area is 87.8 Å². The molecule has 1 rings (SSSR count). The van der Waals surface area contributed by atoms with Crippen molar-refractivity contribution in [3.63, 3.8) is 0 Å². The molecule has 0 aromatic heterocycles. The van der Waals surface area contributed by atoms with Gasteiger partial charge in [0, 0.05) is 25.8 Å². The highest BCUT2D eigenvalue weighted by molar-refractivity contribution is 4.79. The molecule has 3 heteroatoms. The molecule has 1 atom stereocenters. The Bertz CT molecular complexity index is 144. The van der Waals surface area contributed by atoms with E-state index in [2.05, 4.69) is 31.2 Å². The Hall–Kier alpha value is -0.120. The smallest absolute Gasteiger partial charge is 0.0469 e. The van der Waals surface area contributed by atoms with Gasteiger partial charge in [-0.05, 0) is 39.4 Å². The van der Waals surface area contributed by atoms with Crippen molar-refractivity contribution in [2.75, 3.05) is 40.4 Å². The van der Waals surface area contributed by atoms with Gasteiger partial charge in [-0.25, -0.2) is 0 Å². The Kier molecular flexibility index (Phi) is 5.45. The van der Waals surface area contributed by atoms with E-state index in [4.69, 9.17) is 4.74 Å². The topological polar surface area (TPSA) is 24.5 Å². The summed E-state index contributed by atoms with van der Waals surface area (Å²) in [7, 11) is 4.29. The number of rotatable bonds is 5. The molecular weight excluding hydrogens is 176 g/mol. The lowest BCUT2D eigenvalue weighted by molar-refractivity contribution is 0.0502. The minimum absolute atomic E-state index is 0.638. The molecule has 0 bridgehead atoms. The largest absolute Gasteiger partial charge is 0.381 e. The van der Waals surface area contributed by atoms with E-state index >= 15 is 0 Å². The number of hydrogen-bond acceptors (Lipinski definition) is 3. The average molecular weight is 200 g/mol. The van der Waals surface area contributed by atoms with E-state index in [1.807, 2.05) is 0 Å². The molecule has 0 spiro atoms. The fourth-order valence-corrected chi connectivity index (χ4v) is 2.15. The van der Waals surface area contributed by atoms with E-state index in [0.717, 1.165) is 32.2 Å². The summed E-state index contributed by atoms with van der Waals surface area (Å²) in [6.45, 7) is 6.27. The molecule has 1 heterocycles. The molecule has 1 fully saturated rings. The van der Waals surface area contributed by atoms with Gasteiger partial charge in [-0.15, -0.1) is 0 Å². The van der Waals surface area contributed by atoms with Crippen LogP contribution in [0, 0.1) is 5.92 Å². The summed E-state index contributed by atoms with van der Waals surface area (Å²) >= 11 is 0. The first kappa shape index (κ1) is 12.0. The second-order valence-corrected chi connectivity index (χ2v) is 4.38. The molecule has 0 saturated carbocycles. The predicted octanol–water partition coefficient (Wildman–Crippen LogP) is 0.953. The second-order valence-electron chi connectivity index (χ2n) is 4.38. The summed E-state index contributed by atoms with van der Waals surface area (Å²) in [6, 6.07) is 0.638. The van der Waals surface area contributed by atoms with Crippen LogP contribution in [-0.2, 0) is 4.74 Å². The van der Waals surface area contributed by atoms with Crippen LogP contribution < -0.4 is 5.32 Å².